The molecule has 2 aromatic heterocycles. The number of hydrogen-bond donors (Lipinski definition) is 0. The van der Waals surface area contributed by atoms with Crippen LogP contribution in [-0.4, -0.2) is 29.2 Å². The van der Waals surface area contributed by atoms with Gasteiger partial charge in [-0.3, -0.25) is 0 Å². The summed E-state index contributed by atoms with van der Waals surface area (Å²) in [5.74, 6) is 0. The summed E-state index contributed by atoms with van der Waals surface area (Å²) >= 11 is 7.36. The first-order valence-electron chi connectivity index (χ1n) is 8.04. The Morgan fingerprint density at radius 2 is 2.00 bits per heavy atom. The Morgan fingerprint density at radius 1 is 1.16 bits per heavy atom. The number of para-hydroxylation sites is 1. The Kier molecular flexibility index (Phi) is 4.49. The molecule has 0 bridgehead atoms. The summed E-state index contributed by atoms with van der Waals surface area (Å²) in [6.45, 7) is 0.492. The molecule has 0 N–H and O–H groups in total. The largest absolute Gasteiger partial charge is 0.245 e. The summed E-state index contributed by atoms with van der Waals surface area (Å²) in [6.07, 6.45) is 3.94. The van der Waals surface area contributed by atoms with E-state index in [2.05, 4.69) is 9.97 Å². The second-order valence-corrected chi connectivity index (χ2v) is 9.30. The van der Waals surface area contributed by atoms with Crippen LogP contribution in [0, 0.1) is 0 Å². The van der Waals surface area contributed by atoms with Gasteiger partial charge in [0, 0.05) is 12.7 Å². The number of thiazole rings is 1. The molecule has 0 saturated carbocycles. The van der Waals surface area contributed by atoms with Crippen molar-refractivity contribution in [1.82, 2.24) is 14.3 Å². The Bertz CT molecular complexity index is 969. The lowest BCUT2D eigenvalue weighted by Gasteiger charge is -2.33. The molecule has 0 aliphatic carbocycles. The minimum absolute atomic E-state index is 0.171. The van der Waals surface area contributed by atoms with Crippen LogP contribution < -0.4 is 0 Å². The van der Waals surface area contributed by atoms with E-state index in [1.54, 1.807) is 15.6 Å². The SMILES string of the molecule is O=S(=O)(c1ccc(Cl)nc1)N1CCCCC1c1nc2ccccc2s1. The molecule has 0 radical (unpaired) electrons. The summed E-state index contributed by atoms with van der Waals surface area (Å²) in [5.41, 5.74) is 0.915. The molecule has 130 valence electrons. The highest BCUT2D eigenvalue weighted by Gasteiger charge is 2.36. The van der Waals surface area contributed by atoms with Gasteiger partial charge in [0.25, 0.3) is 0 Å². The Labute approximate surface area is 155 Å². The van der Waals surface area contributed by atoms with Crippen LogP contribution in [0.2, 0.25) is 5.15 Å². The van der Waals surface area contributed by atoms with E-state index >= 15 is 0 Å². The topological polar surface area (TPSA) is 63.2 Å². The van der Waals surface area contributed by atoms with E-state index in [4.69, 9.17) is 11.6 Å². The van der Waals surface area contributed by atoms with Crippen LogP contribution >= 0.6 is 22.9 Å². The van der Waals surface area contributed by atoms with Crippen LogP contribution in [0.5, 0.6) is 0 Å². The quantitative estimate of drug-likeness (QED) is 0.623. The second kappa shape index (κ2) is 6.64. The van der Waals surface area contributed by atoms with Crippen molar-refractivity contribution in [3.63, 3.8) is 0 Å². The molecule has 1 saturated heterocycles. The number of aromatic nitrogens is 2. The van der Waals surface area contributed by atoms with Gasteiger partial charge in [0.2, 0.25) is 10.0 Å². The standard InChI is InChI=1S/C17H16ClN3O2S2/c18-16-9-8-12(11-19-16)25(22,23)21-10-4-3-6-14(21)17-20-13-5-1-2-7-15(13)24-17/h1-2,5,7-9,11,14H,3-4,6,10H2. The number of piperidine rings is 1. The lowest BCUT2D eigenvalue weighted by Crippen LogP contribution is -2.38. The fourth-order valence-corrected chi connectivity index (χ4v) is 6.02. The Morgan fingerprint density at radius 3 is 2.76 bits per heavy atom. The molecule has 5 nitrogen and oxygen atoms in total. The fraction of sp³-hybridized carbons (Fsp3) is 0.294. The summed E-state index contributed by atoms with van der Waals surface area (Å²) in [7, 11) is -3.63. The van der Waals surface area contributed by atoms with Gasteiger partial charge in [-0.25, -0.2) is 18.4 Å². The maximum atomic E-state index is 13.1. The molecular weight excluding hydrogens is 378 g/mol. The first kappa shape index (κ1) is 16.9. The van der Waals surface area contributed by atoms with Crippen molar-refractivity contribution in [2.75, 3.05) is 6.54 Å². The van der Waals surface area contributed by atoms with Crippen LogP contribution in [0.15, 0.2) is 47.5 Å². The molecule has 1 aliphatic rings. The minimum Gasteiger partial charge on any atom is -0.243 e. The van der Waals surface area contributed by atoms with Crippen LogP contribution in [0.25, 0.3) is 10.2 Å². The number of hydrogen-bond acceptors (Lipinski definition) is 5. The molecule has 1 aromatic carbocycles. The molecule has 1 unspecified atom stereocenters. The van der Waals surface area contributed by atoms with Gasteiger partial charge >= 0.3 is 0 Å². The maximum absolute atomic E-state index is 13.1. The van der Waals surface area contributed by atoms with Gasteiger partial charge in [0.05, 0.1) is 16.3 Å². The summed E-state index contributed by atoms with van der Waals surface area (Å²) in [6, 6.07) is 10.7. The van der Waals surface area contributed by atoms with Crippen LogP contribution in [0.1, 0.15) is 30.3 Å². The van der Waals surface area contributed by atoms with Crippen molar-refractivity contribution in [1.29, 1.82) is 0 Å². The zero-order valence-electron chi connectivity index (χ0n) is 13.3. The molecule has 3 aromatic rings. The number of pyridine rings is 1. The van der Waals surface area contributed by atoms with Gasteiger partial charge in [-0.05, 0) is 37.1 Å². The van der Waals surface area contributed by atoms with Crippen molar-refractivity contribution in [3.05, 3.63) is 52.8 Å². The predicted octanol–water partition coefficient (Wildman–Crippen LogP) is 4.26. The van der Waals surface area contributed by atoms with Crippen molar-refractivity contribution in [2.24, 2.45) is 0 Å². The maximum Gasteiger partial charge on any atom is 0.245 e. The van der Waals surface area contributed by atoms with E-state index < -0.39 is 10.0 Å². The molecule has 1 aliphatic heterocycles. The van der Waals surface area contributed by atoms with Crippen molar-refractivity contribution < 1.29 is 8.42 Å². The first-order valence-corrected chi connectivity index (χ1v) is 10.7. The molecule has 8 heteroatoms. The van der Waals surface area contributed by atoms with E-state index in [0.29, 0.717) is 6.54 Å². The average Bonchev–Trinajstić information content (AvgIpc) is 3.06. The van der Waals surface area contributed by atoms with Crippen molar-refractivity contribution in [3.8, 4) is 0 Å². The van der Waals surface area contributed by atoms with E-state index in [-0.39, 0.29) is 16.1 Å². The molecule has 4 rings (SSSR count). The van der Waals surface area contributed by atoms with Crippen LogP contribution in [-0.2, 0) is 10.0 Å². The third-order valence-electron chi connectivity index (χ3n) is 4.36. The molecule has 25 heavy (non-hydrogen) atoms. The van der Waals surface area contributed by atoms with Gasteiger partial charge in [-0.2, -0.15) is 4.31 Å². The number of halogens is 1. The lowest BCUT2D eigenvalue weighted by atomic mass is 10.1. The number of nitrogens with zero attached hydrogens (tertiary/aromatic N) is 3. The van der Waals surface area contributed by atoms with E-state index in [1.165, 1.54) is 18.3 Å². The molecule has 0 amide bonds. The third kappa shape index (κ3) is 3.17. The van der Waals surface area contributed by atoms with Gasteiger partial charge in [0.15, 0.2) is 0 Å². The molecule has 1 fully saturated rings. The van der Waals surface area contributed by atoms with E-state index in [9.17, 15) is 8.42 Å². The molecule has 3 heterocycles. The van der Waals surface area contributed by atoms with Crippen LogP contribution in [0.3, 0.4) is 0 Å². The highest BCUT2D eigenvalue weighted by molar-refractivity contribution is 7.89. The zero-order valence-corrected chi connectivity index (χ0v) is 15.7. The molecular formula is C17H16ClN3O2S2. The van der Waals surface area contributed by atoms with Crippen molar-refractivity contribution >= 4 is 43.2 Å². The monoisotopic (exact) mass is 393 g/mol. The number of benzene rings is 1. The number of fused-ring (bicyclic) bond motifs is 1. The summed E-state index contributed by atoms with van der Waals surface area (Å²) < 4.78 is 28.9. The minimum atomic E-state index is -3.63. The fourth-order valence-electron chi connectivity index (χ4n) is 3.12. The van der Waals surface area contributed by atoms with Crippen LogP contribution in [0.4, 0.5) is 0 Å². The second-order valence-electron chi connectivity index (χ2n) is 5.96. The highest BCUT2D eigenvalue weighted by Crippen LogP contribution is 2.38. The van der Waals surface area contributed by atoms with Gasteiger partial charge < -0.3 is 0 Å². The molecule has 0 spiro atoms. The number of rotatable bonds is 3. The first-order chi connectivity index (χ1) is 12.1. The van der Waals surface area contributed by atoms with E-state index in [1.807, 2.05) is 24.3 Å². The Hall–Kier alpha value is -1.54. The Balaban J connectivity index is 1.74. The summed E-state index contributed by atoms with van der Waals surface area (Å²) in [5, 5.41) is 1.13. The predicted molar refractivity (Wildman–Crippen MR) is 99.4 cm³/mol. The average molecular weight is 394 g/mol. The van der Waals surface area contributed by atoms with Gasteiger partial charge in [-0.15, -0.1) is 11.3 Å². The van der Waals surface area contributed by atoms with Gasteiger partial charge in [-0.1, -0.05) is 30.2 Å². The number of sulfonamides is 1. The van der Waals surface area contributed by atoms with Crippen molar-refractivity contribution in [2.45, 2.75) is 30.2 Å². The normalized spacial score (nSPS) is 19.3. The van der Waals surface area contributed by atoms with E-state index in [0.717, 1.165) is 34.5 Å². The van der Waals surface area contributed by atoms with Gasteiger partial charge in [0.1, 0.15) is 15.1 Å². The summed E-state index contributed by atoms with van der Waals surface area (Å²) in [4.78, 5) is 8.77. The lowest BCUT2D eigenvalue weighted by molar-refractivity contribution is 0.255. The molecule has 1 atom stereocenters. The smallest absolute Gasteiger partial charge is 0.243 e. The zero-order chi connectivity index (χ0) is 17.4. The highest BCUT2D eigenvalue weighted by atomic mass is 35.5. The third-order valence-corrected chi connectivity index (χ3v) is 7.61.